The lowest BCUT2D eigenvalue weighted by molar-refractivity contribution is -0.130. The summed E-state index contributed by atoms with van der Waals surface area (Å²) in [5, 5.41) is 0. The van der Waals surface area contributed by atoms with Crippen molar-refractivity contribution in [3.63, 3.8) is 0 Å². The van der Waals surface area contributed by atoms with Gasteiger partial charge in [-0.25, -0.2) is 4.98 Å². The Morgan fingerprint density at radius 1 is 1.38 bits per heavy atom. The molecule has 0 saturated carbocycles. The molecule has 3 heterocycles. The number of aryl methyl sites for hydroxylation is 1. The van der Waals surface area contributed by atoms with Gasteiger partial charge in [-0.15, -0.1) is 0 Å². The van der Waals surface area contributed by atoms with Gasteiger partial charge >= 0.3 is 0 Å². The molecule has 21 heavy (non-hydrogen) atoms. The number of aromatic nitrogens is 2. The van der Waals surface area contributed by atoms with Crippen LogP contribution in [0, 0.1) is 5.92 Å². The molecule has 0 spiro atoms. The van der Waals surface area contributed by atoms with Gasteiger partial charge < -0.3 is 9.47 Å². The average Bonchev–Trinajstić information content (AvgIpc) is 3.06. The van der Waals surface area contributed by atoms with Crippen LogP contribution in [0.15, 0.2) is 12.5 Å². The van der Waals surface area contributed by atoms with Crippen LogP contribution in [0.4, 0.5) is 4.39 Å². The number of alkyl halides is 1. The zero-order chi connectivity index (χ0) is 14.8. The standard InChI is InChI=1S/C15H23FN4O/c1-18-9-13(17-11-18)10-19-4-2-14(3-5-19)20-8-12(7-16)6-15(20)21/h9,11-12,14H,2-8,10H2,1H3. The van der Waals surface area contributed by atoms with Crippen LogP contribution < -0.4 is 0 Å². The number of amides is 1. The van der Waals surface area contributed by atoms with E-state index < -0.39 is 0 Å². The first-order valence-electron chi connectivity index (χ1n) is 7.70. The van der Waals surface area contributed by atoms with Gasteiger partial charge in [-0.3, -0.25) is 14.1 Å². The molecule has 0 N–H and O–H groups in total. The maximum Gasteiger partial charge on any atom is 0.223 e. The highest BCUT2D eigenvalue weighted by Crippen LogP contribution is 2.26. The van der Waals surface area contributed by atoms with Crippen LogP contribution in [0.25, 0.3) is 0 Å². The van der Waals surface area contributed by atoms with Crippen LogP contribution in [0.2, 0.25) is 0 Å². The summed E-state index contributed by atoms with van der Waals surface area (Å²) in [5.74, 6) is 0.0601. The summed E-state index contributed by atoms with van der Waals surface area (Å²) < 4.78 is 14.7. The Labute approximate surface area is 124 Å². The lowest BCUT2D eigenvalue weighted by Crippen LogP contribution is -2.45. The number of hydrogen-bond acceptors (Lipinski definition) is 3. The molecular weight excluding hydrogens is 271 g/mol. The maximum absolute atomic E-state index is 12.7. The third-order valence-corrected chi connectivity index (χ3v) is 4.60. The average molecular weight is 294 g/mol. The van der Waals surface area contributed by atoms with Crippen molar-refractivity contribution in [3.05, 3.63) is 18.2 Å². The summed E-state index contributed by atoms with van der Waals surface area (Å²) in [6.45, 7) is 3.06. The van der Waals surface area contributed by atoms with E-state index >= 15 is 0 Å². The molecule has 1 aromatic rings. The number of nitrogens with zero attached hydrogens (tertiary/aromatic N) is 4. The van der Waals surface area contributed by atoms with Crippen LogP contribution in [0.5, 0.6) is 0 Å². The number of hydrogen-bond donors (Lipinski definition) is 0. The van der Waals surface area contributed by atoms with Crippen molar-refractivity contribution < 1.29 is 9.18 Å². The third-order valence-electron chi connectivity index (χ3n) is 4.60. The summed E-state index contributed by atoms with van der Waals surface area (Å²) in [6.07, 6.45) is 6.23. The van der Waals surface area contributed by atoms with E-state index in [1.807, 2.05) is 29.0 Å². The van der Waals surface area contributed by atoms with Crippen LogP contribution in [-0.4, -0.2) is 57.6 Å². The minimum atomic E-state index is -0.374. The molecule has 6 heteroatoms. The van der Waals surface area contributed by atoms with Gasteiger partial charge in [0, 0.05) is 57.8 Å². The van der Waals surface area contributed by atoms with Crippen LogP contribution >= 0.6 is 0 Å². The molecule has 1 atom stereocenters. The number of rotatable bonds is 4. The number of carbonyl (C=O) groups excluding carboxylic acids is 1. The third kappa shape index (κ3) is 3.26. The smallest absolute Gasteiger partial charge is 0.223 e. The molecule has 1 aromatic heterocycles. The van der Waals surface area contributed by atoms with Crippen molar-refractivity contribution >= 4 is 5.91 Å². The van der Waals surface area contributed by atoms with Gasteiger partial charge in [0.15, 0.2) is 0 Å². The lowest BCUT2D eigenvalue weighted by Gasteiger charge is -2.36. The second-order valence-corrected chi connectivity index (χ2v) is 6.31. The molecule has 0 aliphatic carbocycles. The summed E-state index contributed by atoms with van der Waals surface area (Å²) in [5.41, 5.74) is 1.09. The molecule has 116 valence electrons. The topological polar surface area (TPSA) is 41.4 Å². The zero-order valence-electron chi connectivity index (χ0n) is 12.5. The Kier molecular flexibility index (Phi) is 4.24. The van der Waals surface area contributed by atoms with Gasteiger partial charge in [-0.2, -0.15) is 0 Å². The second-order valence-electron chi connectivity index (χ2n) is 6.31. The highest BCUT2D eigenvalue weighted by Gasteiger charge is 2.35. The van der Waals surface area contributed by atoms with Gasteiger partial charge in [0.05, 0.1) is 18.7 Å². The van der Waals surface area contributed by atoms with E-state index in [0.29, 0.717) is 19.0 Å². The van der Waals surface area contributed by atoms with E-state index in [1.54, 1.807) is 0 Å². The highest BCUT2D eigenvalue weighted by atomic mass is 19.1. The Morgan fingerprint density at radius 3 is 2.71 bits per heavy atom. The molecule has 3 rings (SSSR count). The quantitative estimate of drug-likeness (QED) is 0.838. The molecule has 5 nitrogen and oxygen atoms in total. The fourth-order valence-corrected chi connectivity index (χ4v) is 3.43. The van der Waals surface area contributed by atoms with Crippen molar-refractivity contribution in [2.75, 3.05) is 26.3 Å². The van der Waals surface area contributed by atoms with Gasteiger partial charge in [-0.1, -0.05) is 0 Å². The summed E-state index contributed by atoms with van der Waals surface area (Å²) in [7, 11) is 1.98. The van der Waals surface area contributed by atoms with Gasteiger partial charge in [-0.05, 0) is 12.8 Å². The largest absolute Gasteiger partial charge is 0.340 e. The first-order valence-corrected chi connectivity index (χ1v) is 7.70. The molecular formula is C15H23FN4O. The van der Waals surface area contributed by atoms with Gasteiger partial charge in [0.2, 0.25) is 5.91 Å². The van der Waals surface area contributed by atoms with Gasteiger partial charge in [0.25, 0.3) is 0 Å². The SMILES string of the molecule is Cn1cnc(CN2CCC(N3CC(CF)CC3=O)CC2)c1. The van der Waals surface area contributed by atoms with E-state index in [0.717, 1.165) is 38.2 Å². The second kappa shape index (κ2) is 6.13. The van der Waals surface area contributed by atoms with Gasteiger partial charge in [0.1, 0.15) is 0 Å². The Bertz CT molecular complexity index is 496. The number of carbonyl (C=O) groups is 1. The van der Waals surface area contributed by atoms with E-state index in [1.165, 1.54) is 0 Å². The molecule has 2 aliphatic rings. The normalized spacial score (nSPS) is 25.0. The molecule has 2 saturated heterocycles. The van der Waals surface area contributed by atoms with Crippen molar-refractivity contribution in [2.24, 2.45) is 13.0 Å². The first kappa shape index (κ1) is 14.5. The lowest BCUT2D eigenvalue weighted by atomic mass is 10.0. The molecule has 2 aliphatic heterocycles. The van der Waals surface area contributed by atoms with Crippen molar-refractivity contribution in [3.8, 4) is 0 Å². The molecule has 2 fully saturated rings. The molecule has 0 bridgehead atoms. The summed E-state index contributed by atoms with van der Waals surface area (Å²) >= 11 is 0. The highest BCUT2D eigenvalue weighted by molar-refractivity contribution is 5.79. The van der Waals surface area contributed by atoms with Crippen molar-refractivity contribution in [1.29, 1.82) is 0 Å². The molecule has 1 unspecified atom stereocenters. The fraction of sp³-hybridized carbons (Fsp3) is 0.733. The zero-order valence-corrected chi connectivity index (χ0v) is 12.5. The molecule has 0 aromatic carbocycles. The minimum absolute atomic E-state index is 0.0796. The van der Waals surface area contributed by atoms with Crippen LogP contribution in [0.1, 0.15) is 25.0 Å². The first-order chi connectivity index (χ1) is 10.2. The minimum Gasteiger partial charge on any atom is -0.340 e. The Hall–Kier alpha value is -1.43. The number of halogens is 1. The van der Waals surface area contributed by atoms with E-state index in [-0.39, 0.29) is 18.5 Å². The number of imidazole rings is 1. The molecule has 0 radical (unpaired) electrons. The van der Waals surface area contributed by atoms with Crippen molar-refractivity contribution in [1.82, 2.24) is 19.4 Å². The predicted octanol–water partition coefficient (Wildman–Crippen LogP) is 1.20. The van der Waals surface area contributed by atoms with E-state index in [2.05, 4.69) is 9.88 Å². The van der Waals surface area contributed by atoms with Crippen molar-refractivity contribution in [2.45, 2.75) is 31.8 Å². The Morgan fingerprint density at radius 2 is 2.14 bits per heavy atom. The van der Waals surface area contributed by atoms with Crippen LogP contribution in [0.3, 0.4) is 0 Å². The summed E-state index contributed by atoms with van der Waals surface area (Å²) in [6, 6.07) is 0.300. The fourth-order valence-electron chi connectivity index (χ4n) is 3.43. The van der Waals surface area contributed by atoms with E-state index in [4.69, 9.17) is 0 Å². The monoisotopic (exact) mass is 294 g/mol. The van der Waals surface area contributed by atoms with Crippen LogP contribution in [-0.2, 0) is 18.4 Å². The summed E-state index contributed by atoms with van der Waals surface area (Å²) in [4.78, 5) is 20.6. The predicted molar refractivity (Wildman–Crippen MR) is 77.3 cm³/mol. The van der Waals surface area contributed by atoms with E-state index in [9.17, 15) is 9.18 Å². The maximum atomic E-state index is 12.7. The Balaban J connectivity index is 1.50. The number of piperidine rings is 1. The molecule has 1 amide bonds. The number of likely N-dealkylation sites (tertiary alicyclic amines) is 2.